The average molecular weight is 283 g/mol. The van der Waals surface area contributed by atoms with E-state index in [9.17, 15) is 9.59 Å². The molecule has 0 aromatic carbocycles. The average Bonchev–Trinajstić information content (AvgIpc) is 2.44. The summed E-state index contributed by atoms with van der Waals surface area (Å²) in [6.07, 6.45) is 6.14. The molecule has 0 aromatic rings. The SMILES string of the molecule is CCC(N)(CC)CNC(=O)C1(NC(C)=O)CCCCC1. The molecule has 2 amide bonds. The summed E-state index contributed by atoms with van der Waals surface area (Å²) in [6.45, 7) is 5.98. The first-order chi connectivity index (χ1) is 9.37. The van der Waals surface area contributed by atoms with E-state index in [4.69, 9.17) is 5.73 Å². The van der Waals surface area contributed by atoms with Crippen LogP contribution in [0.1, 0.15) is 65.7 Å². The Morgan fingerprint density at radius 1 is 1.15 bits per heavy atom. The van der Waals surface area contributed by atoms with Gasteiger partial charge in [0.15, 0.2) is 0 Å². The number of rotatable bonds is 6. The summed E-state index contributed by atoms with van der Waals surface area (Å²) in [7, 11) is 0. The lowest BCUT2D eigenvalue weighted by Crippen LogP contribution is -2.61. The zero-order chi connectivity index (χ0) is 15.2. The number of nitrogens with two attached hydrogens (primary N) is 1. The van der Waals surface area contributed by atoms with Crippen LogP contribution in [0.4, 0.5) is 0 Å². The molecule has 0 aliphatic heterocycles. The molecule has 1 aliphatic rings. The Bertz CT molecular complexity index is 345. The summed E-state index contributed by atoms with van der Waals surface area (Å²) < 4.78 is 0. The smallest absolute Gasteiger partial charge is 0.245 e. The van der Waals surface area contributed by atoms with Gasteiger partial charge in [0.05, 0.1) is 0 Å². The van der Waals surface area contributed by atoms with Gasteiger partial charge < -0.3 is 16.4 Å². The Labute approximate surface area is 122 Å². The molecule has 4 N–H and O–H groups in total. The summed E-state index contributed by atoms with van der Waals surface area (Å²) in [6, 6.07) is 0. The predicted molar refractivity (Wildman–Crippen MR) is 80.1 cm³/mol. The number of amides is 2. The first-order valence-corrected chi connectivity index (χ1v) is 7.73. The van der Waals surface area contributed by atoms with Crippen LogP contribution in [-0.4, -0.2) is 29.4 Å². The van der Waals surface area contributed by atoms with Crippen LogP contribution in [0.15, 0.2) is 0 Å². The molecule has 1 rings (SSSR count). The zero-order valence-corrected chi connectivity index (χ0v) is 13.1. The lowest BCUT2D eigenvalue weighted by atomic mass is 9.80. The predicted octanol–water partition coefficient (Wildman–Crippen LogP) is 1.46. The molecule has 0 unspecified atom stereocenters. The highest BCUT2D eigenvalue weighted by Gasteiger charge is 2.40. The van der Waals surface area contributed by atoms with E-state index in [1.165, 1.54) is 6.92 Å². The van der Waals surface area contributed by atoms with Gasteiger partial charge >= 0.3 is 0 Å². The first-order valence-electron chi connectivity index (χ1n) is 7.73. The van der Waals surface area contributed by atoms with Crippen LogP contribution in [-0.2, 0) is 9.59 Å². The van der Waals surface area contributed by atoms with Crippen molar-refractivity contribution in [2.45, 2.75) is 76.8 Å². The maximum atomic E-state index is 12.6. The van der Waals surface area contributed by atoms with Crippen molar-refractivity contribution in [2.24, 2.45) is 5.73 Å². The summed E-state index contributed by atoms with van der Waals surface area (Å²) in [5.74, 6) is -0.226. The monoisotopic (exact) mass is 283 g/mol. The fourth-order valence-electron chi connectivity index (χ4n) is 2.83. The molecule has 5 heteroatoms. The fraction of sp³-hybridized carbons (Fsp3) is 0.867. The topological polar surface area (TPSA) is 84.2 Å². The van der Waals surface area contributed by atoms with E-state index in [2.05, 4.69) is 10.6 Å². The van der Waals surface area contributed by atoms with E-state index in [1.807, 2.05) is 13.8 Å². The molecule has 0 saturated heterocycles. The van der Waals surface area contributed by atoms with Gasteiger partial charge in [-0.3, -0.25) is 9.59 Å². The molecule has 0 heterocycles. The Balaban J connectivity index is 2.71. The van der Waals surface area contributed by atoms with Crippen LogP contribution < -0.4 is 16.4 Å². The van der Waals surface area contributed by atoms with Crippen LogP contribution in [0.3, 0.4) is 0 Å². The third-order valence-corrected chi connectivity index (χ3v) is 4.57. The lowest BCUT2D eigenvalue weighted by molar-refractivity contribution is -0.134. The number of carbonyl (C=O) groups excluding carboxylic acids is 2. The molecule has 1 saturated carbocycles. The summed E-state index contributed by atoms with van der Waals surface area (Å²) in [5, 5.41) is 5.84. The number of carbonyl (C=O) groups is 2. The first kappa shape index (κ1) is 17.0. The third-order valence-electron chi connectivity index (χ3n) is 4.57. The second-order valence-corrected chi connectivity index (χ2v) is 6.08. The number of nitrogens with one attached hydrogen (secondary N) is 2. The molecule has 20 heavy (non-hydrogen) atoms. The van der Waals surface area contributed by atoms with Crippen LogP contribution in [0.5, 0.6) is 0 Å². The van der Waals surface area contributed by atoms with Gasteiger partial charge in [-0.25, -0.2) is 0 Å². The summed E-state index contributed by atoms with van der Waals surface area (Å²) in [5.41, 5.74) is 5.13. The fourth-order valence-corrected chi connectivity index (χ4v) is 2.83. The van der Waals surface area contributed by atoms with Crippen molar-refractivity contribution in [3.63, 3.8) is 0 Å². The van der Waals surface area contributed by atoms with E-state index in [1.54, 1.807) is 0 Å². The molecule has 0 spiro atoms. The highest BCUT2D eigenvalue weighted by atomic mass is 16.2. The van der Waals surface area contributed by atoms with Gasteiger partial charge in [-0.2, -0.15) is 0 Å². The minimum Gasteiger partial charge on any atom is -0.352 e. The van der Waals surface area contributed by atoms with Crippen molar-refractivity contribution in [3.05, 3.63) is 0 Å². The quantitative estimate of drug-likeness (QED) is 0.690. The van der Waals surface area contributed by atoms with E-state index in [0.717, 1.165) is 32.1 Å². The van der Waals surface area contributed by atoms with Crippen molar-refractivity contribution in [2.75, 3.05) is 6.54 Å². The van der Waals surface area contributed by atoms with Crippen molar-refractivity contribution in [1.82, 2.24) is 10.6 Å². The molecule has 0 bridgehead atoms. The van der Waals surface area contributed by atoms with Crippen LogP contribution in [0.2, 0.25) is 0 Å². The minimum absolute atomic E-state index is 0.0795. The Morgan fingerprint density at radius 2 is 1.70 bits per heavy atom. The van der Waals surface area contributed by atoms with E-state index >= 15 is 0 Å². The Morgan fingerprint density at radius 3 is 2.15 bits per heavy atom. The summed E-state index contributed by atoms with van der Waals surface area (Å²) in [4.78, 5) is 24.0. The molecule has 0 radical (unpaired) electrons. The third kappa shape index (κ3) is 4.20. The van der Waals surface area contributed by atoms with Crippen molar-refractivity contribution >= 4 is 11.8 Å². The molecule has 1 fully saturated rings. The molecule has 5 nitrogen and oxygen atoms in total. The molecule has 1 aliphatic carbocycles. The Hall–Kier alpha value is -1.10. The maximum Gasteiger partial charge on any atom is 0.245 e. The normalized spacial score (nSPS) is 18.4. The second kappa shape index (κ2) is 7.07. The maximum absolute atomic E-state index is 12.6. The van der Waals surface area contributed by atoms with Gasteiger partial charge in [-0.1, -0.05) is 33.1 Å². The van der Waals surface area contributed by atoms with Crippen LogP contribution >= 0.6 is 0 Å². The van der Waals surface area contributed by atoms with Gasteiger partial charge in [-0.05, 0) is 25.7 Å². The van der Waals surface area contributed by atoms with E-state index < -0.39 is 5.54 Å². The molecule has 0 atom stereocenters. The van der Waals surface area contributed by atoms with E-state index in [-0.39, 0.29) is 17.4 Å². The van der Waals surface area contributed by atoms with Gasteiger partial charge in [0.2, 0.25) is 11.8 Å². The second-order valence-electron chi connectivity index (χ2n) is 6.08. The van der Waals surface area contributed by atoms with Gasteiger partial charge in [0, 0.05) is 19.0 Å². The number of hydrogen-bond acceptors (Lipinski definition) is 3. The number of hydrogen-bond donors (Lipinski definition) is 3. The highest BCUT2D eigenvalue weighted by Crippen LogP contribution is 2.28. The lowest BCUT2D eigenvalue weighted by Gasteiger charge is -2.37. The minimum atomic E-state index is -0.730. The Kier molecular flexibility index (Phi) is 5.99. The molecular formula is C15H29N3O2. The molecule has 0 aromatic heterocycles. The standard InChI is InChI=1S/C15H29N3O2/c1-4-14(16,5-2)11-17-13(20)15(18-12(3)19)9-7-6-8-10-15/h4-11,16H2,1-3H3,(H,17,20)(H,18,19). The van der Waals surface area contributed by atoms with Crippen molar-refractivity contribution in [1.29, 1.82) is 0 Å². The zero-order valence-electron chi connectivity index (χ0n) is 13.1. The van der Waals surface area contributed by atoms with Crippen LogP contribution in [0.25, 0.3) is 0 Å². The molecule has 116 valence electrons. The van der Waals surface area contributed by atoms with Gasteiger partial charge in [0.1, 0.15) is 5.54 Å². The van der Waals surface area contributed by atoms with Crippen molar-refractivity contribution in [3.8, 4) is 0 Å². The van der Waals surface area contributed by atoms with E-state index in [0.29, 0.717) is 19.4 Å². The van der Waals surface area contributed by atoms with Crippen molar-refractivity contribution < 1.29 is 9.59 Å². The highest BCUT2D eigenvalue weighted by molar-refractivity contribution is 5.91. The summed E-state index contributed by atoms with van der Waals surface area (Å²) >= 11 is 0. The van der Waals surface area contributed by atoms with Gasteiger partial charge in [-0.15, -0.1) is 0 Å². The largest absolute Gasteiger partial charge is 0.352 e. The van der Waals surface area contributed by atoms with Crippen LogP contribution in [0, 0.1) is 0 Å². The molecular weight excluding hydrogens is 254 g/mol. The van der Waals surface area contributed by atoms with Gasteiger partial charge in [0.25, 0.3) is 0 Å².